The number of carbonyl (C=O) groups is 1. The summed E-state index contributed by atoms with van der Waals surface area (Å²) in [5.41, 5.74) is 0.159. The Hall–Kier alpha value is -0.610. The fraction of sp³-hybridized carbons (Fsp3) is 0.929. The number of nitrogens with one attached hydrogen (secondary N) is 1. The first-order valence-electron chi connectivity index (χ1n) is 7.09. The van der Waals surface area contributed by atoms with Crippen molar-refractivity contribution in [1.29, 1.82) is 0 Å². The maximum absolute atomic E-state index is 12.0. The van der Waals surface area contributed by atoms with Gasteiger partial charge in [-0.2, -0.15) is 0 Å². The second-order valence-electron chi connectivity index (χ2n) is 6.10. The predicted molar refractivity (Wildman–Crippen MR) is 75.6 cm³/mol. The van der Waals surface area contributed by atoms with E-state index in [1.807, 2.05) is 0 Å². The Balaban J connectivity index is 2.48. The molecule has 1 N–H and O–H groups in total. The van der Waals surface area contributed by atoms with Crippen LogP contribution in [0, 0.1) is 5.41 Å². The molecule has 4 nitrogen and oxygen atoms in total. The number of hydrogen-bond donors (Lipinski definition) is 1. The minimum Gasteiger partial charge on any atom is -0.352 e. The van der Waals surface area contributed by atoms with Gasteiger partial charge in [0.25, 0.3) is 0 Å². The highest BCUT2D eigenvalue weighted by Crippen LogP contribution is 2.28. The summed E-state index contributed by atoms with van der Waals surface area (Å²) < 4.78 is 0. The van der Waals surface area contributed by atoms with Crippen molar-refractivity contribution in [1.82, 2.24) is 15.1 Å². The average Bonchev–Trinajstić information content (AvgIpc) is 2.29. The maximum atomic E-state index is 12.0. The minimum atomic E-state index is 0.159. The molecule has 1 fully saturated rings. The summed E-state index contributed by atoms with van der Waals surface area (Å²) in [4.78, 5) is 16.5. The molecule has 0 spiro atoms. The first-order chi connectivity index (χ1) is 8.39. The van der Waals surface area contributed by atoms with E-state index in [-0.39, 0.29) is 11.3 Å². The lowest BCUT2D eigenvalue weighted by atomic mass is 9.79. The molecule has 1 unspecified atom stereocenters. The van der Waals surface area contributed by atoms with Crippen molar-refractivity contribution in [2.75, 3.05) is 39.8 Å². The van der Waals surface area contributed by atoms with Gasteiger partial charge in [0.1, 0.15) is 0 Å². The van der Waals surface area contributed by atoms with Gasteiger partial charge in [0.15, 0.2) is 0 Å². The van der Waals surface area contributed by atoms with Gasteiger partial charge in [-0.05, 0) is 38.5 Å². The van der Waals surface area contributed by atoms with Crippen LogP contribution in [0.25, 0.3) is 0 Å². The maximum Gasteiger partial charge on any atom is 0.234 e. The van der Waals surface area contributed by atoms with Crippen molar-refractivity contribution in [3.8, 4) is 0 Å². The number of rotatable bonds is 5. The first kappa shape index (κ1) is 15.4. The van der Waals surface area contributed by atoms with Crippen molar-refractivity contribution in [3.05, 3.63) is 0 Å². The summed E-state index contributed by atoms with van der Waals surface area (Å²) in [6.45, 7) is 13.2. The van der Waals surface area contributed by atoms with Gasteiger partial charge in [-0.15, -0.1) is 0 Å². The molecule has 0 radical (unpaired) electrons. The van der Waals surface area contributed by atoms with Crippen LogP contribution in [0.5, 0.6) is 0 Å². The lowest BCUT2D eigenvalue weighted by Crippen LogP contribution is -2.56. The van der Waals surface area contributed by atoms with Gasteiger partial charge in [-0.3, -0.25) is 9.69 Å². The van der Waals surface area contributed by atoms with E-state index in [2.05, 4.69) is 49.9 Å². The van der Waals surface area contributed by atoms with Crippen LogP contribution < -0.4 is 5.32 Å². The minimum absolute atomic E-state index is 0.159. The average molecular weight is 255 g/mol. The third-order valence-electron chi connectivity index (χ3n) is 4.02. The van der Waals surface area contributed by atoms with E-state index in [4.69, 9.17) is 0 Å². The van der Waals surface area contributed by atoms with E-state index in [0.717, 1.165) is 32.6 Å². The molecule has 1 aliphatic rings. The Bertz CT molecular complexity index is 274. The van der Waals surface area contributed by atoms with Crippen molar-refractivity contribution in [2.45, 2.75) is 40.2 Å². The zero-order chi connectivity index (χ0) is 13.8. The van der Waals surface area contributed by atoms with Gasteiger partial charge in [0.2, 0.25) is 5.91 Å². The molecule has 0 saturated carbocycles. The molecule has 1 atom stereocenters. The Labute approximate surface area is 112 Å². The molecule has 1 saturated heterocycles. The molecular weight excluding hydrogens is 226 g/mol. The summed E-state index contributed by atoms with van der Waals surface area (Å²) in [5.74, 6) is 0.168. The lowest BCUT2D eigenvalue weighted by molar-refractivity contribution is -0.124. The summed E-state index contributed by atoms with van der Waals surface area (Å²) in [5, 5.41) is 3.22. The second kappa shape index (κ2) is 6.53. The molecule has 0 aliphatic carbocycles. The van der Waals surface area contributed by atoms with Crippen molar-refractivity contribution < 1.29 is 4.79 Å². The second-order valence-corrected chi connectivity index (χ2v) is 6.10. The molecule has 1 rings (SSSR count). The van der Waals surface area contributed by atoms with Crippen molar-refractivity contribution in [3.63, 3.8) is 0 Å². The number of likely N-dealkylation sites (tertiary alicyclic amines) is 1. The quantitative estimate of drug-likeness (QED) is 0.801. The Kier molecular flexibility index (Phi) is 5.60. The number of likely N-dealkylation sites (N-methyl/N-ethyl adjacent to an activating group) is 1. The van der Waals surface area contributed by atoms with Crippen LogP contribution in [0.2, 0.25) is 0 Å². The molecule has 0 aromatic carbocycles. The zero-order valence-corrected chi connectivity index (χ0v) is 12.6. The van der Waals surface area contributed by atoms with Crippen LogP contribution in [-0.2, 0) is 4.79 Å². The van der Waals surface area contributed by atoms with Crippen LogP contribution in [0.1, 0.15) is 34.1 Å². The Morgan fingerprint density at radius 3 is 2.50 bits per heavy atom. The van der Waals surface area contributed by atoms with Gasteiger partial charge in [0.05, 0.1) is 6.54 Å². The molecular formula is C14H29N3O. The van der Waals surface area contributed by atoms with E-state index in [9.17, 15) is 4.79 Å². The third-order valence-corrected chi connectivity index (χ3v) is 4.02. The van der Waals surface area contributed by atoms with Gasteiger partial charge >= 0.3 is 0 Å². The molecule has 0 aromatic rings. The summed E-state index contributed by atoms with van der Waals surface area (Å²) in [7, 11) is 2.15. The molecule has 18 heavy (non-hydrogen) atoms. The highest BCUT2D eigenvalue weighted by molar-refractivity contribution is 5.78. The number of amides is 1. The molecule has 106 valence electrons. The standard InChI is InChI=1S/C14H29N3O/c1-6-17(7-2)10-13(18)15-12-8-9-16(5)11-14(12,3)4/h12H,6-11H2,1-5H3,(H,15,18). The fourth-order valence-corrected chi connectivity index (χ4v) is 2.78. The van der Waals surface area contributed by atoms with Gasteiger partial charge in [-0.1, -0.05) is 27.7 Å². The molecule has 4 heteroatoms. The van der Waals surface area contributed by atoms with E-state index in [0.29, 0.717) is 12.6 Å². The molecule has 1 aliphatic heterocycles. The van der Waals surface area contributed by atoms with E-state index in [1.54, 1.807) is 0 Å². The SMILES string of the molecule is CCN(CC)CC(=O)NC1CCN(C)CC1(C)C. The molecule has 0 bridgehead atoms. The van der Waals surface area contributed by atoms with E-state index in [1.165, 1.54) is 0 Å². The van der Waals surface area contributed by atoms with Crippen LogP contribution in [0.4, 0.5) is 0 Å². The first-order valence-corrected chi connectivity index (χ1v) is 7.09. The number of nitrogens with zero attached hydrogens (tertiary/aromatic N) is 2. The molecule has 1 amide bonds. The number of piperidine rings is 1. The van der Waals surface area contributed by atoms with Gasteiger partial charge < -0.3 is 10.2 Å². The van der Waals surface area contributed by atoms with Crippen LogP contribution in [-0.4, -0.2) is 61.5 Å². The topological polar surface area (TPSA) is 35.6 Å². The number of hydrogen-bond acceptors (Lipinski definition) is 3. The summed E-state index contributed by atoms with van der Waals surface area (Å²) >= 11 is 0. The van der Waals surface area contributed by atoms with Gasteiger partial charge in [-0.25, -0.2) is 0 Å². The normalized spacial score (nSPS) is 24.2. The summed E-state index contributed by atoms with van der Waals surface area (Å²) in [6.07, 6.45) is 1.05. The molecule has 1 heterocycles. The van der Waals surface area contributed by atoms with Crippen LogP contribution >= 0.6 is 0 Å². The van der Waals surface area contributed by atoms with Crippen molar-refractivity contribution in [2.24, 2.45) is 5.41 Å². The third kappa shape index (κ3) is 4.25. The smallest absolute Gasteiger partial charge is 0.234 e. The largest absolute Gasteiger partial charge is 0.352 e. The Morgan fingerprint density at radius 1 is 1.39 bits per heavy atom. The van der Waals surface area contributed by atoms with E-state index >= 15 is 0 Å². The van der Waals surface area contributed by atoms with Crippen molar-refractivity contribution >= 4 is 5.91 Å². The van der Waals surface area contributed by atoms with Crippen LogP contribution in [0.3, 0.4) is 0 Å². The highest BCUT2D eigenvalue weighted by Gasteiger charge is 2.35. The summed E-state index contributed by atoms with van der Waals surface area (Å²) in [6, 6.07) is 0.303. The van der Waals surface area contributed by atoms with Gasteiger partial charge in [0, 0.05) is 12.6 Å². The monoisotopic (exact) mass is 255 g/mol. The molecule has 0 aromatic heterocycles. The Morgan fingerprint density at radius 2 is 2.00 bits per heavy atom. The fourth-order valence-electron chi connectivity index (χ4n) is 2.78. The number of carbonyl (C=O) groups excluding carboxylic acids is 1. The lowest BCUT2D eigenvalue weighted by Gasteiger charge is -2.43. The highest BCUT2D eigenvalue weighted by atomic mass is 16.2. The van der Waals surface area contributed by atoms with E-state index < -0.39 is 0 Å². The predicted octanol–water partition coefficient (Wildman–Crippen LogP) is 1.17. The zero-order valence-electron chi connectivity index (χ0n) is 12.6. The van der Waals surface area contributed by atoms with Crippen LogP contribution in [0.15, 0.2) is 0 Å².